The molecule has 2 aromatic rings. The minimum Gasteiger partial charge on any atom is -0.496 e. The maximum atomic E-state index is 12.2. The molecule has 0 fully saturated rings. The van der Waals surface area contributed by atoms with E-state index in [1.807, 2.05) is 36.2 Å². The molecule has 1 aromatic heterocycles. The van der Waals surface area contributed by atoms with Crippen LogP contribution >= 0.6 is 0 Å². The Labute approximate surface area is 129 Å². The lowest BCUT2D eigenvalue weighted by atomic mass is 9.90. The SMILES string of the molecule is CCC(c1ccccc1OC)C1[N]C(=O)c2[nH]ncc2N1C. The summed E-state index contributed by atoms with van der Waals surface area (Å²) >= 11 is 0. The van der Waals surface area contributed by atoms with Gasteiger partial charge in [-0.2, -0.15) is 5.10 Å². The summed E-state index contributed by atoms with van der Waals surface area (Å²) in [5, 5.41) is 11.0. The van der Waals surface area contributed by atoms with Crippen molar-refractivity contribution >= 4 is 11.6 Å². The average molecular weight is 299 g/mol. The van der Waals surface area contributed by atoms with Gasteiger partial charge < -0.3 is 9.64 Å². The molecule has 6 heteroatoms. The Balaban J connectivity index is 2.00. The van der Waals surface area contributed by atoms with E-state index in [9.17, 15) is 4.79 Å². The fraction of sp³-hybridized carbons (Fsp3) is 0.375. The molecule has 1 radical (unpaired) electrons. The number of likely N-dealkylation sites (N-methyl/N-ethyl adjacent to an activating group) is 1. The van der Waals surface area contributed by atoms with Gasteiger partial charge in [0.15, 0.2) is 0 Å². The number of amides is 1. The first kappa shape index (κ1) is 14.4. The second-order valence-electron chi connectivity index (χ2n) is 5.35. The van der Waals surface area contributed by atoms with Crippen molar-refractivity contribution in [1.29, 1.82) is 0 Å². The number of hydrogen-bond acceptors (Lipinski definition) is 4. The van der Waals surface area contributed by atoms with Gasteiger partial charge in [-0.25, -0.2) is 5.32 Å². The van der Waals surface area contributed by atoms with Crippen LogP contribution in [-0.4, -0.2) is 36.4 Å². The third-order valence-corrected chi connectivity index (χ3v) is 4.20. The molecule has 115 valence electrons. The highest BCUT2D eigenvalue weighted by atomic mass is 16.5. The Kier molecular flexibility index (Phi) is 3.75. The number of H-pyrrole nitrogens is 1. The van der Waals surface area contributed by atoms with Gasteiger partial charge in [0.2, 0.25) is 0 Å². The van der Waals surface area contributed by atoms with Crippen molar-refractivity contribution in [2.75, 3.05) is 19.1 Å². The molecule has 0 bridgehead atoms. The number of rotatable bonds is 4. The first-order chi connectivity index (χ1) is 10.7. The first-order valence-electron chi connectivity index (χ1n) is 7.31. The van der Waals surface area contributed by atoms with Crippen LogP contribution in [-0.2, 0) is 0 Å². The molecule has 2 atom stereocenters. The van der Waals surface area contributed by atoms with Crippen LogP contribution in [0.5, 0.6) is 5.75 Å². The highest BCUT2D eigenvalue weighted by Gasteiger charge is 2.37. The zero-order valence-corrected chi connectivity index (χ0v) is 12.9. The van der Waals surface area contributed by atoms with Crippen molar-refractivity contribution in [3.05, 3.63) is 41.7 Å². The molecule has 0 saturated heterocycles. The first-order valence-corrected chi connectivity index (χ1v) is 7.31. The molecule has 1 aliphatic rings. The number of benzene rings is 1. The number of para-hydroxylation sites is 1. The summed E-state index contributed by atoms with van der Waals surface area (Å²) in [5.74, 6) is 0.639. The van der Waals surface area contributed by atoms with Crippen LogP contribution in [0.4, 0.5) is 5.69 Å². The van der Waals surface area contributed by atoms with Crippen molar-refractivity contribution < 1.29 is 9.53 Å². The maximum absolute atomic E-state index is 12.2. The standard InChI is InChI=1S/C16H19N4O2/c1-4-10(11-7-5-6-8-13(11)22-3)15-18-16(21)14-12(20(15)2)9-17-19-14/h5-10,15H,4H2,1-3H3,(H,17,19). The van der Waals surface area contributed by atoms with E-state index in [4.69, 9.17) is 4.74 Å². The van der Waals surface area contributed by atoms with Gasteiger partial charge in [0.1, 0.15) is 17.6 Å². The molecule has 2 unspecified atom stereocenters. The van der Waals surface area contributed by atoms with Gasteiger partial charge in [0.25, 0.3) is 5.91 Å². The van der Waals surface area contributed by atoms with Crippen LogP contribution in [0.1, 0.15) is 35.3 Å². The second-order valence-corrected chi connectivity index (χ2v) is 5.35. The molecule has 3 rings (SSSR count). The predicted molar refractivity (Wildman–Crippen MR) is 83.3 cm³/mol. The van der Waals surface area contributed by atoms with E-state index < -0.39 is 0 Å². The van der Waals surface area contributed by atoms with Crippen molar-refractivity contribution in [2.24, 2.45) is 0 Å². The van der Waals surface area contributed by atoms with E-state index in [1.165, 1.54) is 0 Å². The maximum Gasteiger partial charge on any atom is 0.294 e. The van der Waals surface area contributed by atoms with Crippen LogP contribution in [0, 0.1) is 0 Å². The lowest BCUT2D eigenvalue weighted by Crippen LogP contribution is -2.50. The van der Waals surface area contributed by atoms with Gasteiger partial charge in [-0.3, -0.25) is 9.89 Å². The smallest absolute Gasteiger partial charge is 0.294 e. The summed E-state index contributed by atoms with van der Waals surface area (Å²) in [6.45, 7) is 2.09. The monoisotopic (exact) mass is 299 g/mol. The lowest BCUT2D eigenvalue weighted by Gasteiger charge is -2.37. The van der Waals surface area contributed by atoms with Crippen LogP contribution in [0.15, 0.2) is 30.5 Å². The minimum absolute atomic E-state index is 0.0631. The molecule has 2 heterocycles. The number of carbonyl (C=O) groups excluding carboxylic acids is 1. The summed E-state index contributed by atoms with van der Waals surface area (Å²) in [7, 11) is 3.60. The summed E-state index contributed by atoms with van der Waals surface area (Å²) in [6.07, 6.45) is 2.25. The summed E-state index contributed by atoms with van der Waals surface area (Å²) in [5.41, 5.74) is 2.31. The van der Waals surface area contributed by atoms with Crippen LogP contribution in [0.3, 0.4) is 0 Å². The second kappa shape index (κ2) is 5.71. The highest BCUT2D eigenvalue weighted by Crippen LogP contribution is 2.36. The third kappa shape index (κ3) is 2.20. The molecule has 0 saturated carbocycles. The van der Waals surface area contributed by atoms with E-state index in [-0.39, 0.29) is 18.0 Å². The molecular formula is C16H19N4O2. The number of aromatic nitrogens is 2. The predicted octanol–water partition coefficient (Wildman–Crippen LogP) is 2.13. The number of nitrogens with zero attached hydrogens (tertiary/aromatic N) is 3. The van der Waals surface area contributed by atoms with E-state index in [0.717, 1.165) is 23.4 Å². The zero-order chi connectivity index (χ0) is 15.7. The molecule has 1 amide bonds. The fourth-order valence-corrected chi connectivity index (χ4v) is 3.04. The number of anilines is 1. The number of ether oxygens (including phenoxy) is 1. The van der Waals surface area contributed by atoms with Gasteiger partial charge in [-0.15, -0.1) is 0 Å². The summed E-state index contributed by atoms with van der Waals surface area (Å²) in [6, 6.07) is 7.89. The van der Waals surface area contributed by atoms with E-state index >= 15 is 0 Å². The molecule has 0 spiro atoms. The van der Waals surface area contributed by atoms with Gasteiger partial charge in [0.05, 0.1) is 19.0 Å². The van der Waals surface area contributed by atoms with Crippen molar-refractivity contribution in [3.63, 3.8) is 0 Å². The molecule has 6 nitrogen and oxygen atoms in total. The van der Waals surface area contributed by atoms with E-state index in [0.29, 0.717) is 5.69 Å². The number of nitrogens with one attached hydrogen (secondary N) is 1. The third-order valence-electron chi connectivity index (χ3n) is 4.20. The molecule has 1 N–H and O–H groups in total. The number of carbonyl (C=O) groups is 1. The highest BCUT2D eigenvalue weighted by molar-refractivity contribution is 5.99. The van der Waals surface area contributed by atoms with Crippen molar-refractivity contribution in [3.8, 4) is 5.75 Å². The molecular weight excluding hydrogens is 280 g/mol. The average Bonchev–Trinajstić information content (AvgIpc) is 3.03. The summed E-state index contributed by atoms with van der Waals surface area (Å²) < 4.78 is 5.47. The summed E-state index contributed by atoms with van der Waals surface area (Å²) in [4.78, 5) is 14.2. The molecule has 22 heavy (non-hydrogen) atoms. The normalized spacial score (nSPS) is 18.6. The Morgan fingerprint density at radius 2 is 2.18 bits per heavy atom. The van der Waals surface area contributed by atoms with Gasteiger partial charge in [-0.05, 0) is 12.5 Å². The molecule has 1 aliphatic heterocycles. The Hall–Kier alpha value is -2.50. The largest absolute Gasteiger partial charge is 0.496 e. The number of methoxy groups -OCH3 is 1. The Bertz CT molecular complexity index is 682. The van der Waals surface area contributed by atoms with Gasteiger partial charge in [-0.1, -0.05) is 25.1 Å². The number of aromatic amines is 1. The van der Waals surface area contributed by atoms with E-state index in [2.05, 4.69) is 22.4 Å². The van der Waals surface area contributed by atoms with Crippen molar-refractivity contribution in [1.82, 2.24) is 15.5 Å². The molecule has 0 aliphatic carbocycles. The minimum atomic E-state index is -0.265. The lowest BCUT2D eigenvalue weighted by molar-refractivity contribution is 0.0908. The van der Waals surface area contributed by atoms with Gasteiger partial charge >= 0.3 is 0 Å². The van der Waals surface area contributed by atoms with Crippen LogP contribution < -0.4 is 15.0 Å². The topological polar surface area (TPSA) is 72.3 Å². The molecule has 1 aromatic carbocycles. The van der Waals surface area contributed by atoms with Gasteiger partial charge in [0, 0.05) is 18.5 Å². The van der Waals surface area contributed by atoms with Crippen LogP contribution in [0.2, 0.25) is 0 Å². The Morgan fingerprint density at radius 1 is 1.41 bits per heavy atom. The van der Waals surface area contributed by atoms with Crippen molar-refractivity contribution in [2.45, 2.75) is 25.4 Å². The number of hydrogen-bond donors (Lipinski definition) is 1. The van der Waals surface area contributed by atoms with Crippen LogP contribution in [0.25, 0.3) is 0 Å². The fourth-order valence-electron chi connectivity index (χ4n) is 3.04. The number of fused-ring (bicyclic) bond motifs is 1. The zero-order valence-electron chi connectivity index (χ0n) is 12.9. The quantitative estimate of drug-likeness (QED) is 0.938. The Morgan fingerprint density at radius 3 is 2.91 bits per heavy atom. The van der Waals surface area contributed by atoms with E-state index in [1.54, 1.807) is 13.3 Å².